The Morgan fingerprint density at radius 1 is 0.972 bits per heavy atom. The average molecular weight is 481 g/mol. The first kappa shape index (κ1) is 22.9. The Labute approximate surface area is 205 Å². The van der Waals surface area contributed by atoms with Crippen LogP contribution in [0, 0.1) is 10.1 Å². The van der Waals surface area contributed by atoms with E-state index in [2.05, 4.69) is 10.3 Å². The molecular weight excluding hydrogens is 458 g/mol. The first-order valence-electron chi connectivity index (χ1n) is 11.4. The number of aromatic nitrogens is 3. The number of benzene rings is 3. The van der Waals surface area contributed by atoms with E-state index in [0.717, 1.165) is 21.9 Å². The molecule has 0 aliphatic heterocycles. The molecule has 5 aromatic rings. The number of fused-ring (bicyclic) bond motifs is 2. The molecule has 0 saturated heterocycles. The number of non-ortho nitro benzene ring substituents is 1. The van der Waals surface area contributed by atoms with Crippen LogP contribution in [-0.4, -0.2) is 26.2 Å². The quantitative estimate of drug-likeness (QED) is 0.154. The van der Waals surface area contributed by atoms with Crippen LogP contribution in [0.5, 0.6) is 0 Å². The lowest BCUT2D eigenvalue weighted by atomic mass is 10.1. The van der Waals surface area contributed by atoms with Crippen LogP contribution in [0.3, 0.4) is 0 Å². The van der Waals surface area contributed by atoms with Crippen LogP contribution < -0.4 is 9.88 Å². The molecule has 36 heavy (non-hydrogen) atoms. The first-order chi connectivity index (χ1) is 17.5. The zero-order valence-corrected chi connectivity index (χ0v) is 19.2. The van der Waals surface area contributed by atoms with E-state index in [1.807, 2.05) is 70.1 Å². The zero-order chi connectivity index (χ0) is 25.1. The lowest BCUT2D eigenvalue weighted by Crippen LogP contribution is -2.36. The third kappa shape index (κ3) is 4.67. The molecule has 0 fully saturated rings. The Kier molecular flexibility index (Phi) is 6.19. The number of anilines is 1. The summed E-state index contributed by atoms with van der Waals surface area (Å²) < 4.78 is 3.77. The fraction of sp³-hybridized carbons (Fsp3) is 0.111. The molecule has 3 aromatic carbocycles. The van der Waals surface area contributed by atoms with Gasteiger partial charge in [-0.05, 0) is 36.4 Å². The minimum atomic E-state index is -0.496. The first-order valence-corrected chi connectivity index (χ1v) is 11.4. The number of hydrogen-bond acceptors (Lipinski definition) is 5. The van der Waals surface area contributed by atoms with E-state index in [1.165, 1.54) is 24.3 Å². The summed E-state index contributed by atoms with van der Waals surface area (Å²) in [5.74, 6) is -0.307. The van der Waals surface area contributed by atoms with E-state index in [9.17, 15) is 19.7 Å². The number of ketones is 1. The zero-order valence-electron chi connectivity index (χ0n) is 19.2. The summed E-state index contributed by atoms with van der Waals surface area (Å²) in [4.78, 5) is 40.4. The summed E-state index contributed by atoms with van der Waals surface area (Å²) in [5.41, 5.74) is 3.49. The highest BCUT2D eigenvalue weighted by Crippen LogP contribution is 2.21. The highest BCUT2D eigenvalue weighted by atomic mass is 16.6. The second-order valence-electron chi connectivity index (χ2n) is 8.33. The molecule has 0 atom stereocenters. The van der Waals surface area contributed by atoms with Crippen molar-refractivity contribution in [2.24, 2.45) is 0 Å². The van der Waals surface area contributed by atoms with Crippen molar-refractivity contribution in [3.63, 3.8) is 0 Å². The van der Waals surface area contributed by atoms with Crippen molar-refractivity contribution in [1.82, 2.24) is 9.55 Å². The average Bonchev–Trinajstić information content (AvgIpc) is 3.25. The monoisotopic (exact) mass is 480 g/mol. The van der Waals surface area contributed by atoms with Gasteiger partial charge in [0.25, 0.3) is 5.69 Å². The van der Waals surface area contributed by atoms with Crippen molar-refractivity contribution in [2.75, 3.05) is 5.32 Å². The van der Waals surface area contributed by atoms with Crippen LogP contribution in [-0.2, 0) is 17.9 Å². The molecule has 9 heteroatoms. The topological polar surface area (TPSA) is 111 Å². The molecule has 5 rings (SSSR count). The Bertz CT molecular complexity index is 1600. The van der Waals surface area contributed by atoms with Crippen molar-refractivity contribution in [3.05, 3.63) is 107 Å². The lowest BCUT2D eigenvalue weighted by Gasteiger charge is -2.07. The van der Waals surface area contributed by atoms with E-state index in [0.29, 0.717) is 17.8 Å². The normalized spacial score (nSPS) is 11.0. The molecule has 0 saturated carbocycles. The second-order valence-corrected chi connectivity index (χ2v) is 8.33. The van der Waals surface area contributed by atoms with Gasteiger partial charge in [-0.3, -0.25) is 24.7 Å². The number of para-hydroxylation sites is 3. The molecule has 178 valence electrons. The number of nitrogens with one attached hydrogen (secondary N) is 1. The molecular formula is C27H22N5O4+. The molecule has 2 heterocycles. The number of imidazole rings is 1. The van der Waals surface area contributed by atoms with Crippen LogP contribution in [0.15, 0.2) is 91.4 Å². The van der Waals surface area contributed by atoms with Crippen LogP contribution in [0.4, 0.5) is 11.4 Å². The van der Waals surface area contributed by atoms with Gasteiger partial charge in [-0.1, -0.05) is 30.3 Å². The Morgan fingerprint density at radius 3 is 2.56 bits per heavy atom. The van der Waals surface area contributed by atoms with Gasteiger partial charge in [-0.15, -0.1) is 0 Å². The smallest absolute Gasteiger partial charge is 0.269 e. The molecule has 0 spiro atoms. The minimum absolute atomic E-state index is 0.0617. The maximum absolute atomic E-state index is 12.9. The summed E-state index contributed by atoms with van der Waals surface area (Å²) in [6, 6.07) is 22.7. The van der Waals surface area contributed by atoms with Crippen LogP contribution in [0.1, 0.15) is 16.8 Å². The van der Waals surface area contributed by atoms with Crippen LogP contribution >= 0.6 is 0 Å². The van der Waals surface area contributed by atoms with E-state index in [1.54, 1.807) is 6.20 Å². The lowest BCUT2D eigenvalue weighted by molar-refractivity contribution is -0.657. The predicted molar refractivity (Wildman–Crippen MR) is 135 cm³/mol. The fourth-order valence-corrected chi connectivity index (χ4v) is 4.20. The van der Waals surface area contributed by atoms with Gasteiger partial charge in [0.15, 0.2) is 17.6 Å². The summed E-state index contributed by atoms with van der Waals surface area (Å²) >= 11 is 0. The summed E-state index contributed by atoms with van der Waals surface area (Å²) in [6.45, 7) is 0.489. The number of pyridine rings is 1. The van der Waals surface area contributed by atoms with Gasteiger partial charge in [-0.25, -0.2) is 9.13 Å². The number of carbonyl (C=O) groups is 2. The number of nitro benzene ring substituents is 1. The third-order valence-electron chi connectivity index (χ3n) is 5.98. The number of hydrogen-bond donors (Lipinski definition) is 1. The Morgan fingerprint density at radius 2 is 1.75 bits per heavy atom. The van der Waals surface area contributed by atoms with Gasteiger partial charge >= 0.3 is 0 Å². The predicted octanol–water partition coefficient (Wildman–Crippen LogP) is 4.30. The van der Waals surface area contributed by atoms with Crippen molar-refractivity contribution >= 4 is 45.0 Å². The van der Waals surface area contributed by atoms with Crippen molar-refractivity contribution in [3.8, 4) is 0 Å². The highest BCUT2D eigenvalue weighted by molar-refractivity contribution is 6.00. The van der Waals surface area contributed by atoms with Gasteiger partial charge < -0.3 is 5.32 Å². The van der Waals surface area contributed by atoms with E-state index in [-0.39, 0.29) is 30.3 Å². The number of aryl methyl sites for hydroxylation is 1. The van der Waals surface area contributed by atoms with E-state index >= 15 is 0 Å². The standard InChI is InChI=1S/C27H21N5O4/c33-25(19-10-12-21(13-11-19)32(35)36)17-31-18-30(23-8-1-2-9-24(23)31)16-14-26(34)29-22-7-3-5-20-6-4-15-28-27(20)22/h1-13,15,18H,14,16-17H2/p+1. The SMILES string of the molecule is O=C(CCn1c[n+](CC(=O)c2ccc([N+](=O)[O-])cc2)c2ccccc21)Nc1cccc2cccnc12. The Balaban J connectivity index is 1.31. The summed E-state index contributed by atoms with van der Waals surface area (Å²) in [5, 5.41) is 14.8. The number of nitro groups is 1. The molecule has 9 nitrogen and oxygen atoms in total. The van der Waals surface area contributed by atoms with Crippen LogP contribution in [0.25, 0.3) is 21.9 Å². The second kappa shape index (κ2) is 9.75. The molecule has 0 unspecified atom stereocenters. The minimum Gasteiger partial charge on any atom is -0.324 e. The summed E-state index contributed by atoms with van der Waals surface area (Å²) in [6.07, 6.45) is 3.75. The number of amides is 1. The number of rotatable bonds is 8. The summed E-state index contributed by atoms with van der Waals surface area (Å²) in [7, 11) is 0. The third-order valence-corrected chi connectivity index (χ3v) is 5.98. The highest BCUT2D eigenvalue weighted by Gasteiger charge is 2.20. The Hall–Kier alpha value is -4.92. The maximum atomic E-state index is 12.9. The van der Waals surface area contributed by atoms with Crippen LogP contribution in [0.2, 0.25) is 0 Å². The number of carbonyl (C=O) groups excluding carboxylic acids is 2. The fourth-order valence-electron chi connectivity index (χ4n) is 4.20. The van der Waals surface area contributed by atoms with Gasteiger partial charge in [0.1, 0.15) is 0 Å². The molecule has 2 aromatic heterocycles. The van der Waals surface area contributed by atoms with Crippen molar-refractivity contribution in [2.45, 2.75) is 19.5 Å². The molecule has 0 aliphatic rings. The van der Waals surface area contributed by atoms with Gasteiger partial charge in [0.05, 0.1) is 29.1 Å². The molecule has 0 aliphatic carbocycles. The molecule has 1 amide bonds. The van der Waals surface area contributed by atoms with Gasteiger partial charge in [-0.2, -0.15) is 0 Å². The number of nitrogens with zero attached hydrogens (tertiary/aromatic N) is 4. The van der Waals surface area contributed by atoms with E-state index in [4.69, 9.17) is 0 Å². The van der Waals surface area contributed by atoms with E-state index < -0.39 is 4.92 Å². The molecule has 0 bridgehead atoms. The van der Waals surface area contributed by atoms with Gasteiger partial charge in [0.2, 0.25) is 18.0 Å². The number of Topliss-reactive ketones (excluding diaryl/α,β-unsaturated/α-hetero) is 1. The largest absolute Gasteiger partial charge is 0.324 e. The molecule has 1 N–H and O–H groups in total. The van der Waals surface area contributed by atoms with Gasteiger partial charge in [0, 0.05) is 29.3 Å². The maximum Gasteiger partial charge on any atom is 0.269 e. The van der Waals surface area contributed by atoms with Crippen molar-refractivity contribution < 1.29 is 19.1 Å². The molecule has 0 radical (unpaired) electrons. The van der Waals surface area contributed by atoms with Crippen molar-refractivity contribution in [1.29, 1.82) is 0 Å².